The molecule has 3 rings (SSSR count). The molecule has 2 heterocycles. The predicted octanol–water partition coefficient (Wildman–Crippen LogP) is 4.01. The van der Waals surface area contributed by atoms with Crippen molar-refractivity contribution in [3.05, 3.63) is 61.0 Å². The molecule has 20 heavy (non-hydrogen) atoms. The van der Waals surface area contributed by atoms with Crippen molar-refractivity contribution in [2.24, 2.45) is 4.99 Å². The van der Waals surface area contributed by atoms with Crippen LogP contribution in [0.3, 0.4) is 0 Å². The van der Waals surface area contributed by atoms with Crippen molar-refractivity contribution in [1.29, 1.82) is 0 Å². The molecule has 0 spiro atoms. The van der Waals surface area contributed by atoms with E-state index in [0.717, 1.165) is 16.0 Å². The largest absolute Gasteiger partial charge is 0.402 e. The highest BCUT2D eigenvalue weighted by Crippen LogP contribution is 2.22. The molecular formula is C15H10INO2S. The summed E-state index contributed by atoms with van der Waals surface area (Å²) in [7, 11) is 0. The molecule has 100 valence electrons. The Kier molecular flexibility index (Phi) is 3.71. The molecule has 0 amide bonds. The molecule has 1 aromatic heterocycles. The monoisotopic (exact) mass is 395 g/mol. The fraction of sp³-hybridized carbons (Fsp3) is 0.0667. The normalized spacial score (nSPS) is 16.4. The highest BCUT2D eigenvalue weighted by molar-refractivity contribution is 14.1. The average Bonchev–Trinajstić information content (AvgIpc) is 3.04. The third kappa shape index (κ3) is 2.69. The number of ether oxygens (including phenoxy) is 1. The van der Waals surface area contributed by atoms with Crippen LogP contribution in [0.15, 0.2) is 46.4 Å². The number of thiophene rings is 1. The lowest BCUT2D eigenvalue weighted by Gasteiger charge is -2.02. The summed E-state index contributed by atoms with van der Waals surface area (Å²) in [4.78, 5) is 17.1. The van der Waals surface area contributed by atoms with Crippen molar-refractivity contribution in [3.8, 4) is 0 Å². The van der Waals surface area contributed by atoms with Crippen LogP contribution in [-0.4, -0.2) is 11.9 Å². The molecule has 1 aliphatic rings. The highest BCUT2D eigenvalue weighted by atomic mass is 127. The molecule has 2 aromatic rings. The second-order valence-electron chi connectivity index (χ2n) is 4.32. The van der Waals surface area contributed by atoms with Crippen LogP contribution in [0.25, 0.3) is 6.08 Å². The van der Waals surface area contributed by atoms with Gasteiger partial charge in [0.25, 0.3) is 0 Å². The molecular weight excluding hydrogens is 385 g/mol. The number of esters is 1. The van der Waals surface area contributed by atoms with E-state index in [0.29, 0.717) is 11.6 Å². The van der Waals surface area contributed by atoms with Gasteiger partial charge in [-0.25, -0.2) is 9.79 Å². The Bertz CT molecular complexity index is 732. The Labute approximate surface area is 134 Å². The number of aliphatic imine (C=N–C) groups is 1. The maximum Gasteiger partial charge on any atom is 0.363 e. The molecule has 0 saturated heterocycles. The summed E-state index contributed by atoms with van der Waals surface area (Å²) in [6.07, 6.45) is 1.75. The number of hydrogen-bond acceptors (Lipinski definition) is 4. The van der Waals surface area contributed by atoms with E-state index in [9.17, 15) is 4.79 Å². The van der Waals surface area contributed by atoms with E-state index >= 15 is 0 Å². The number of halogens is 1. The van der Waals surface area contributed by atoms with Gasteiger partial charge in [0.05, 0.1) is 0 Å². The van der Waals surface area contributed by atoms with Gasteiger partial charge in [0.15, 0.2) is 5.70 Å². The molecule has 0 unspecified atom stereocenters. The molecule has 0 radical (unpaired) electrons. The maximum absolute atomic E-state index is 11.8. The van der Waals surface area contributed by atoms with Gasteiger partial charge in [0.2, 0.25) is 5.90 Å². The summed E-state index contributed by atoms with van der Waals surface area (Å²) in [5, 5.41) is 1.96. The van der Waals surface area contributed by atoms with E-state index in [-0.39, 0.29) is 0 Å². The fourth-order valence-electron chi connectivity index (χ4n) is 1.82. The molecule has 1 aromatic carbocycles. The zero-order valence-electron chi connectivity index (χ0n) is 10.6. The molecule has 0 saturated carbocycles. The summed E-state index contributed by atoms with van der Waals surface area (Å²) < 4.78 is 6.42. The lowest BCUT2D eigenvalue weighted by molar-refractivity contribution is -0.129. The van der Waals surface area contributed by atoms with Gasteiger partial charge in [-0.2, -0.15) is 0 Å². The summed E-state index contributed by atoms with van der Waals surface area (Å²) >= 11 is 3.83. The molecule has 0 bridgehead atoms. The molecule has 0 aliphatic carbocycles. The first-order valence-electron chi connectivity index (χ1n) is 5.96. The number of rotatable bonds is 2. The minimum absolute atomic E-state index is 0.346. The number of cyclic esters (lactones) is 1. The smallest absolute Gasteiger partial charge is 0.363 e. The second-order valence-corrected chi connectivity index (χ2v) is 6.46. The standard InChI is InChI=1S/C15H10INO2S/c1-9-7-10(4-5-12(9)16)14-17-13(15(18)19-14)8-11-3-2-6-20-11/h2-8H,1H3/b13-8-. The van der Waals surface area contributed by atoms with E-state index in [1.54, 1.807) is 17.4 Å². The quantitative estimate of drug-likeness (QED) is 0.438. The Balaban J connectivity index is 1.96. The van der Waals surface area contributed by atoms with Crippen molar-refractivity contribution in [1.82, 2.24) is 0 Å². The van der Waals surface area contributed by atoms with Crippen LogP contribution in [0.4, 0.5) is 0 Å². The van der Waals surface area contributed by atoms with Gasteiger partial charge in [-0.05, 0) is 70.8 Å². The summed E-state index contributed by atoms with van der Waals surface area (Å²) in [6, 6.07) is 9.75. The van der Waals surface area contributed by atoms with Crippen molar-refractivity contribution in [2.45, 2.75) is 6.92 Å². The Hall–Kier alpha value is -1.47. The Morgan fingerprint density at radius 1 is 1.35 bits per heavy atom. The lowest BCUT2D eigenvalue weighted by atomic mass is 10.1. The third-order valence-corrected chi connectivity index (χ3v) is 4.88. The topological polar surface area (TPSA) is 38.7 Å². The van der Waals surface area contributed by atoms with Crippen LogP contribution in [-0.2, 0) is 9.53 Å². The Morgan fingerprint density at radius 3 is 2.90 bits per heavy atom. The predicted molar refractivity (Wildman–Crippen MR) is 88.8 cm³/mol. The number of carbonyl (C=O) groups excluding carboxylic acids is 1. The zero-order chi connectivity index (χ0) is 14.1. The zero-order valence-corrected chi connectivity index (χ0v) is 13.6. The average molecular weight is 395 g/mol. The van der Waals surface area contributed by atoms with Crippen LogP contribution in [0, 0.1) is 10.5 Å². The van der Waals surface area contributed by atoms with Gasteiger partial charge in [0, 0.05) is 14.0 Å². The van der Waals surface area contributed by atoms with Crippen molar-refractivity contribution in [3.63, 3.8) is 0 Å². The van der Waals surface area contributed by atoms with Gasteiger partial charge < -0.3 is 4.74 Å². The first kappa shape index (κ1) is 13.5. The van der Waals surface area contributed by atoms with Gasteiger partial charge in [0.1, 0.15) is 0 Å². The third-order valence-electron chi connectivity index (χ3n) is 2.85. The summed E-state index contributed by atoms with van der Waals surface area (Å²) in [6.45, 7) is 2.02. The van der Waals surface area contributed by atoms with Crippen molar-refractivity contribution < 1.29 is 9.53 Å². The fourth-order valence-corrected chi connectivity index (χ4v) is 2.81. The molecule has 3 nitrogen and oxygen atoms in total. The number of nitrogens with zero attached hydrogens (tertiary/aromatic N) is 1. The van der Waals surface area contributed by atoms with E-state index in [2.05, 4.69) is 27.6 Å². The number of aryl methyl sites for hydroxylation is 1. The van der Waals surface area contributed by atoms with E-state index in [1.165, 1.54) is 3.57 Å². The summed E-state index contributed by atoms with van der Waals surface area (Å²) in [5.74, 6) is -0.0260. The van der Waals surface area contributed by atoms with Crippen LogP contribution in [0.5, 0.6) is 0 Å². The van der Waals surface area contributed by atoms with Crippen LogP contribution >= 0.6 is 33.9 Å². The minimum Gasteiger partial charge on any atom is -0.402 e. The molecule has 1 aliphatic heterocycles. The lowest BCUT2D eigenvalue weighted by Crippen LogP contribution is -2.05. The highest BCUT2D eigenvalue weighted by Gasteiger charge is 2.24. The number of benzene rings is 1. The first-order valence-corrected chi connectivity index (χ1v) is 7.92. The molecule has 0 atom stereocenters. The maximum atomic E-state index is 11.8. The molecule has 0 fully saturated rings. The van der Waals surface area contributed by atoms with E-state index in [1.807, 2.05) is 42.6 Å². The van der Waals surface area contributed by atoms with Gasteiger partial charge in [-0.3, -0.25) is 0 Å². The number of carbonyl (C=O) groups is 1. The van der Waals surface area contributed by atoms with E-state index in [4.69, 9.17) is 4.74 Å². The van der Waals surface area contributed by atoms with Gasteiger partial charge in [-0.1, -0.05) is 6.07 Å². The van der Waals surface area contributed by atoms with Gasteiger partial charge >= 0.3 is 5.97 Å². The van der Waals surface area contributed by atoms with Crippen molar-refractivity contribution in [2.75, 3.05) is 0 Å². The van der Waals surface area contributed by atoms with Crippen LogP contribution < -0.4 is 0 Å². The minimum atomic E-state index is -0.399. The second kappa shape index (κ2) is 5.49. The van der Waals surface area contributed by atoms with Crippen LogP contribution in [0.2, 0.25) is 0 Å². The molecule has 0 N–H and O–H groups in total. The summed E-state index contributed by atoms with van der Waals surface area (Å²) in [5.41, 5.74) is 2.31. The number of hydrogen-bond donors (Lipinski definition) is 0. The SMILES string of the molecule is Cc1cc(C2=N/C(=C\c3cccs3)C(=O)O2)ccc1I. The first-order chi connectivity index (χ1) is 9.63. The van der Waals surface area contributed by atoms with E-state index < -0.39 is 5.97 Å². The molecule has 5 heteroatoms. The Morgan fingerprint density at radius 2 is 2.20 bits per heavy atom. The van der Waals surface area contributed by atoms with Crippen molar-refractivity contribution >= 4 is 51.9 Å². The van der Waals surface area contributed by atoms with Gasteiger partial charge in [-0.15, -0.1) is 11.3 Å². The van der Waals surface area contributed by atoms with Crippen LogP contribution in [0.1, 0.15) is 16.0 Å².